The Morgan fingerprint density at radius 2 is 2.20 bits per heavy atom. The largest absolute Gasteiger partial charge is 0.356 e. The highest BCUT2D eigenvalue weighted by Crippen LogP contribution is 2.31. The zero-order chi connectivity index (χ0) is 10.7. The molecule has 4 heteroatoms. The van der Waals surface area contributed by atoms with Crippen LogP contribution in [0.1, 0.15) is 25.7 Å². The highest BCUT2D eigenvalue weighted by Gasteiger charge is 2.34. The van der Waals surface area contributed by atoms with Gasteiger partial charge in [-0.2, -0.15) is 0 Å². The predicted octanol–water partition coefficient (Wildman–Crippen LogP) is 1.37. The minimum absolute atomic E-state index is 0.178. The number of carbonyl (C=O) groups excluding carboxylic acids is 1. The van der Waals surface area contributed by atoms with Crippen LogP contribution in [-0.4, -0.2) is 41.8 Å². The van der Waals surface area contributed by atoms with Crippen molar-refractivity contribution in [1.82, 2.24) is 10.2 Å². The molecule has 1 aliphatic heterocycles. The lowest BCUT2D eigenvalue weighted by Gasteiger charge is -2.15. The van der Waals surface area contributed by atoms with Gasteiger partial charge in [0.25, 0.3) is 0 Å². The van der Waals surface area contributed by atoms with Crippen LogP contribution in [0, 0.1) is 5.92 Å². The zero-order valence-corrected chi connectivity index (χ0v) is 10.6. The summed E-state index contributed by atoms with van der Waals surface area (Å²) in [5, 5.41) is 3.77. The highest BCUT2D eigenvalue weighted by molar-refractivity contribution is 9.09. The Morgan fingerprint density at radius 1 is 1.40 bits per heavy atom. The topological polar surface area (TPSA) is 32.3 Å². The minimum Gasteiger partial charge on any atom is -0.356 e. The van der Waals surface area contributed by atoms with E-state index in [1.807, 2.05) is 0 Å². The third kappa shape index (κ3) is 3.45. The molecule has 1 atom stereocenters. The Balaban J connectivity index is 1.61. The molecule has 1 unspecified atom stereocenters. The molecule has 0 radical (unpaired) electrons. The molecule has 2 fully saturated rings. The molecule has 1 amide bonds. The summed E-state index contributed by atoms with van der Waals surface area (Å²) in [5.41, 5.74) is 0. The van der Waals surface area contributed by atoms with Crippen LogP contribution in [0.5, 0.6) is 0 Å². The summed E-state index contributed by atoms with van der Waals surface area (Å²) in [6, 6.07) is 0.883. The van der Waals surface area contributed by atoms with Crippen LogP contribution in [0.15, 0.2) is 0 Å². The molecule has 1 saturated heterocycles. The standard InChI is InChI=1S/C11H19BrN2O/c12-5-3-11(15)13-7-9-4-6-14(8-9)10-1-2-10/h9-10H,1-8H2,(H,13,15). The van der Waals surface area contributed by atoms with E-state index in [0.29, 0.717) is 12.3 Å². The van der Waals surface area contributed by atoms with Crippen molar-refractivity contribution in [2.24, 2.45) is 5.92 Å². The van der Waals surface area contributed by atoms with Gasteiger partial charge >= 0.3 is 0 Å². The van der Waals surface area contributed by atoms with E-state index in [-0.39, 0.29) is 5.91 Å². The number of rotatable bonds is 5. The van der Waals surface area contributed by atoms with Gasteiger partial charge in [0.15, 0.2) is 0 Å². The fourth-order valence-corrected chi connectivity index (χ4v) is 2.59. The molecule has 0 bridgehead atoms. The molecule has 0 aromatic heterocycles. The number of nitrogens with one attached hydrogen (secondary N) is 1. The van der Waals surface area contributed by atoms with Crippen LogP contribution in [0.25, 0.3) is 0 Å². The Labute approximate surface area is 99.7 Å². The molecule has 2 aliphatic rings. The van der Waals surface area contributed by atoms with Gasteiger partial charge in [0, 0.05) is 30.9 Å². The molecule has 1 aliphatic carbocycles. The number of hydrogen-bond acceptors (Lipinski definition) is 2. The number of hydrogen-bond donors (Lipinski definition) is 1. The number of halogens is 1. The first kappa shape index (κ1) is 11.4. The van der Waals surface area contributed by atoms with E-state index in [9.17, 15) is 4.79 Å². The van der Waals surface area contributed by atoms with Crippen molar-refractivity contribution in [3.05, 3.63) is 0 Å². The van der Waals surface area contributed by atoms with Crippen molar-refractivity contribution in [2.75, 3.05) is 25.0 Å². The maximum atomic E-state index is 11.3. The summed E-state index contributed by atoms with van der Waals surface area (Å²) < 4.78 is 0. The van der Waals surface area contributed by atoms with Gasteiger partial charge < -0.3 is 10.2 Å². The van der Waals surface area contributed by atoms with Crippen LogP contribution in [0.2, 0.25) is 0 Å². The first-order chi connectivity index (χ1) is 7.29. The summed E-state index contributed by atoms with van der Waals surface area (Å²) >= 11 is 3.27. The van der Waals surface area contributed by atoms with E-state index in [4.69, 9.17) is 0 Å². The smallest absolute Gasteiger partial charge is 0.220 e. The van der Waals surface area contributed by atoms with E-state index in [2.05, 4.69) is 26.1 Å². The monoisotopic (exact) mass is 274 g/mol. The van der Waals surface area contributed by atoms with Crippen LogP contribution in [0.4, 0.5) is 0 Å². The molecule has 0 aromatic carbocycles. The van der Waals surface area contributed by atoms with Gasteiger partial charge in [0.05, 0.1) is 0 Å². The quantitative estimate of drug-likeness (QED) is 0.769. The lowest BCUT2D eigenvalue weighted by Crippen LogP contribution is -2.31. The van der Waals surface area contributed by atoms with Gasteiger partial charge in [0.1, 0.15) is 0 Å². The van der Waals surface area contributed by atoms with E-state index in [1.165, 1.54) is 32.4 Å². The molecule has 1 heterocycles. The molecule has 3 nitrogen and oxygen atoms in total. The first-order valence-corrected chi connectivity index (χ1v) is 6.98. The fraction of sp³-hybridized carbons (Fsp3) is 0.909. The second-order valence-electron chi connectivity index (χ2n) is 4.62. The van der Waals surface area contributed by atoms with Crippen LogP contribution in [0.3, 0.4) is 0 Å². The molecule has 0 spiro atoms. The Bertz CT molecular complexity index is 231. The molecule has 2 rings (SSSR count). The van der Waals surface area contributed by atoms with Crippen molar-refractivity contribution in [2.45, 2.75) is 31.7 Å². The highest BCUT2D eigenvalue weighted by atomic mass is 79.9. The first-order valence-electron chi connectivity index (χ1n) is 5.86. The minimum atomic E-state index is 0.178. The second-order valence-corrected chi connectivity index (χ2v) is 5.42. The summed E-state index contributed by atoms with van der Waals surface area (Å²) in [5.74, 6) is 0.863. The summed E-state index contributed by atoms with van der Waals surface area (Å²) in [6.45, 7) is 3.30. The predicted molar refractivity (Wildman–Crippen MR) is 64.1 cm³/mol. The van der Waals surface area contributed by atoms with Crippen LogP contribution < -0.4 is 5.32 Å². The van der Waals surface area contributed by atoms with Gasteiger partial charge in [-0.3, -0.25) is 4.79 Å². The van der Waals surface area contributed by atoms with Crippen molar-refractivity contribution in [1.29, 1.82) is 0 Å². The molecule has 86 valence electrons. The summed E-state index contributed by atoms with van der Waals surface area (Å²) in [4.78, 5) is 13.9. The molecule has 0 aromatic rings. The van der Waals surface area contributed by atoms with Crippen molar-refractivity contribution < 1.29 is 4.79 Å². The van der Waals surface area contributed by atoms with Gasteiger partial charge in [-0.05, 0) is 31.7 Å². The van der Waals surface area contributed by atoms with Gasteiger partial charge in [-0.1, -0.05) is 15.9 Å². The normalized spacial score (nSPS) is 26.9. The van der Waals surface area contributed by atoms with Crippen molar-refractivity contribution >= 4 is 21.8 Å². The van der Waals surface area contributed by atoms with Crippen molar-refractivity contribution in [3.8, 4) is 0 Å². The Hall–Kier alpha value is -0.0900. The van der Waals surface area contributed by atoms with E-state index >= 15 is 0 Å². The lowest BCUT2D eigenvalue weighted by molar-refractivity contribution is -0.120. The van der Waals surface area contributed by atoms with Gasteiger partial charge in [-0.15, -0.1) is 0 Å². The van der Waals surface area contributed by atoms with Crippen molar-refractivity contribution in [3.63, 3.8) is 0 Å². The van der Waals surface area contributed by atoms with E-state index in [0.717, 1.165) is 17.9 Å². The maximum absolute atomic E-state index is 11.3. The van der Waals surface area contributed by atoms with E-state index in [1.54, 1.807) is 0 Å². The number of amides is 1. The third-order valence-corrected chi connectivity index (χ3v) is 3.69. The SMILES string of the molecule is O=C(CCBr)NCC1CCN(C2CC2)C1. The molecular weight excluding hydrogens is 256 g/mol. The summed E-state index contributed by atoms with van der Waals surface area (Å²) in [6.07, 6.45) is 4.63. The average molecular weight is 275 g/mol. The molecule has 1 saturated carbocycles. The lowest BCUT2D eigenvalue weighted by atomic mass is 10.1. The average Bonchev–Trinajstić information content (AvgIpc) is 2.96. The zero-order valence-electron chi connectivity index (χ0n) is 9.04. The number of nitrogens with zero attached hydrogens (tertiary/aromatic N) is 1. The van der Waals surface area contributed by atoms with Gasteiger partial charge in [0.2, 0.25) is 5.91 Å². The Morgan fingerprint density at radius 3 is 2.87 bits per heavy atom. The summed E-state index contributed by atoms with van der Waals surface area (Å²) in [7, 11) is 0. The molecule has 1 N–H and O–H groups in total. The number of carbonyl (C=O) groups is 1. The van der Waals surface area contributed by atoms with Crippen LogP contribution >= 0.6 is 15.9 Å². The van der Waals surface area contributed by atoms with E-state index < -0.39 is 0 Å². The fourth-order valence-electron chi connectivity index (χ4n) is 2.23. The van der Waals surface area contributed by atoms with Crippen LogP contribution in [-0.2, 0) is 4.79 Å². The molecular formula is C11H19BrN2O. The number of likely N-dealkylation sites (tertiary alicyclic amines) is 1. The third-order valence-electron chi connectivity index (χ3n) is 3.29. The maximum Gasteiger partial charge on any atom is 0.220 e. The second kappa shape index (κ2) is 5.30. The Kier molecular flexibility index (Phi) is 4.03. The number of alkyl halides is 1. The molecule has 15 heavy (non-hydrogen) atoms. The van der Waals surface area contributed by atoms with Gasteiger partial charge in [-0.25, -0.2) is 0 Å².